The Morgan fingerprint density at radius 2 is 0.796 bits per heavy atom. The predicted molar refractivity (Wildman–Crippen MR) is 201 cm³/mol. The van der Waals surface area contributed by atoms with Crippen LogP contribution in [0.25, 0.3) is 33.5 Å². The van der Waals surface area contributed by atoms with E-state index in [4.69, 9.17) is 9.97 Å². The van der Waals surface area contributed by atoms with Gasteiger partial charge in [0.05, 0.1) is 22.6 Å². The van der Waals surface area contributed by atoms with E-state index in [9.17, 15) is 0 Å². The van der Waals surface area contributed by atoms with Gasteiger partial charge in [0.15, 0.2) is 11.5 Å². The summed E-state index contributed by atoms with van der Waals surface area (Å²) in [6.45, 7) is 0. The van der Waals surface area contributed by atoms with E-state index in [1.807, 2.05) is 24.3 Å². The SMILES string of the molecule is c1ccc(-c2nc(-c3ccccc3)c3cc4c(cc3n2)N(c2ccccc2)C(c2ccccc2)(c2ccccc2)N4c2ccccc2)cc1. The summed E-state index contributed by atoms with van der Waals surface area (Å²) in [5.74, 6) is 0.702. The number of para-hydroxylation sites is 2. The minimum Gasteiger partial charge on any atom is -0.308 e. The number of benzene rings is 7. The van der Waals surface area contributed by atoms with Crippen molar-refractivity contribution in [3.05, 3.63) is 205 Å². The molecule has 9 rings (SSSR count). The van der Waals surface area contributed by atoms with E-state index < -0.39 is 5.66 Å². The number of nitrogens with zero attached hydrogens (tertiary/aromatic N) is 4. The largest absolute Gasteiger partial charge is 0.308 e. The van der Waals surface area contributed by atoms with Gasteiger partial charge >= 0.3 is 0 Å². The lowest BCUT2D eigenvalue weighted by Gasteiger charge is -2.47. The van der Waals surface area contributed by atoms with Gasteiger partial charge in [-0.15, -0.1) is 0 Å². The summed E-state index contributed by atoms with van der Waals surface area (Å²) < 4.78 is 0. The summed E-state index contributed by atoms with van der Waals surface area (Å²) >= 11 is 0. The Labute approximate surface area is 286 Å². The molecular formula is C45H32N4. The molecule has 0 fully saturated rings. The molecular weight excluding hydrogens is 597 g/mol. The monoisotopic (exact) mass is 628 g/mol. The molecule has 0 saturated carbocycles. The van der Waals surface area contributed by atoms with Crippen molar-refractivity contribution in [2.45, 2.75) is 5.66 Å². The second-order valence-corrected chi connectivity index (χ2v) is 12.2. The van der Waals surface area contributed by atoms with Crippen LogP contribution in [-0.4, -0.2) is 9.97 Å². The Bertz CT molecular complexity index is 2330. The van der Waals surface area contributed by atoms with Crippen LogP contribution >= 0.6 is 0 Å². The van der Waals surface area contributed by atoms with Gasteiger partial charge in [0, 0.05) is 39.0 Å². The molecule has 2 heterocycles. The maximum Gasteiger partial charge on any atom is 0.175 e. The Balaban J connectivity index is 1.45. The van der Waals surface area contributed by atoms with Crippen molar-refractivity contribution in [3.8, 4) is 22.6 Å². The summed E-state index contributed by atoms with van der Waals surface area (Å²) in [5, 5.41) is 0.996. The Kier molecular flexibility index (Phi) is 6.98. The van der Waals surface area contributed by atoms with Gasteiger partial charge in [0.2, 0.25) is 0 Å². The van der Waals surface area contributed by atoms with E-state index in [2.05, 4.69) is 180 Å². The number of fused-ring (bicyclic) bond motifs is 2. The summed E-state index contributed by atoms with van der Waals surface area (Å²) in [5.41, 5.74) is 9.63. The molecule has 1 aliphatic rings. The standard InChI is InChI=1S/C45H32N4/c1-7-19-33(20-8-1)43-39-31-41-42(32-40(39)46-44(47-43)34-21-9-2-10-22-34)49(38-29-17-6-18-30-38)45(35-23-11-3-12-24-35,36-25-13-4-14-26-36)48(41)37-27-15-5-16-28-37/h1-32H. The first kappa shape index (κ1) is 28.7. The van der Waals surface area contributed by atoms with Crippen molar-refractivity contribution >= 4 is 33.7 Å². The quantitative estimate of drug-likeness (QED) is 0.183. The van der Waals surface area contributed by atoms with E-state index >= 15 is 0 Å². The molecule has 1 aliphatic heterocycles. The minimum atomic E-state index is -0.784. The molecule has 0 radical (unpaired) electrons. The van der Waals surface area contributed by atoms with Crippen LogP contribution in [0.3, 0.4) is 0 Å². The van der Waals surface area contributed by atoms with Gasteiger partial charge in [0.1, 0.15) is 0 Å². The summed E-state index contributed by atoms with van der Waals surface area (Å²) in [7, 11) is 0. The molecule has 0 aliphatic carbocycles. The highest BCUT2D eigenvalue weighted by Crippen LogP contribution is 2.60. The molecule has 0 amide bonds. The molecule has 232 valence electrons. The number of hydrogen-bond acceptors (Lipinski definition) is 4. The van der Waals surface area contributed by atoms with Gasteiger partial charge in [-0.3, -0.25) is 0 Å². The highest BCUT2D eigenvalue weighted by atomic mass is 15.5. The number of aromatic nitrogens is 2. The predicted octanol–water partition coefficient (Wildman–Crippen LogP) is 11.2. The van der Waals surface area contributed by atoms with E-state index in [0.717, 1.165) is 61.6 Å². The second kappa shape index (κ2) is 11.9. The maximum atomic E-state index is 5.27. The van der Waals surface area contributed by atoms with Gasteiger partial charge in [0.25, 0.3) is 0 Å². The molecule has 1 aromatic heterocycles. The lowest BCUT2D eigenvalue weighted by Crippen LogP contribution is -2.51. The van der Waals surface area contributed by atoms with Crippen LogP contribution in [0.4, 0.5) is 22.7 Å². The Hall–Kier alpha value is -6.52. The Morgan fingerprint density at radius 3 is 1.29 bits per heavy atom. The van der Waals surface area contributed by atoms with E-state index in [1.54, 1.807) is 0 Å². The summed E-state index contributed by atoms with van der Waals surface area (Å²) in [4.78, 5) is 15.5. The first-order valence-corrected chi connectivity index (χ1v) is 16.6. The Morgan fingerprint density at radius 1 is 0.388 bits per heavy atom. The first-order chi connectivity index (χ1) is 24.3. The van der Waals surface area contributed by atoms with Crippen molar-refractivity contribution in [3.63, 3.8) is 0 Å². The fraction of sp³-hybridized carbons (Fsp3) is 0.0222. The van der Waals surface area contributed by atoms with Gasteiger partial charge in [-0.2, -0.15) is 0 Å². The molecule has 4 heteroatoms. The molecule has 0 atom stereocenters. The average molecular weight is 629 g/mol. The fourth-order valence-corrected chi connectivity index (χ4v) is 7.32. The molecule has 49 heavy (non-hydrogen) atoms. The van der Waals surface area contributed by atoms with Gasteiger partial charge in [-0.25, -0.2) is 9.97 Å². The summed E-state index contributed by atoms with van der Waals surface area (Å²) in [6.07, 6.45) is 0. The molecule has 0 bridgehead atoms. The van der Waals surface area contributed by atoms with Crippen molar-refractivity contribution in [2.75, 3.05) is 9.80 Å². The lowest BCUT2D eigenvalue weighted by atomic mass is 9.87. The topological polar surface area (TPSA) is 32.3 Å². The molecule has 0 unspecified atom stereocenters. The van der Waals surface area contributed by atoms with E-state index in [1.165, 1.54) is 0 Å². The summed E-state index contributed by atoms with van der Waals surface area (Å²) in [6, 6.07) is 68.4. The van der Waals surface area contributed by atoms with E-state index in [-0.39, 0.29) is 0 Å². The third-order valence-electron chi connectivity index (χ3n) is 9.38. The van der Waals surface area contributed by atoms with Gasteiger partial charge in [-0.05, 0) is 36.4 Å². The van der Waals surface area contributed by atoms with Crippen LogP contribution in [0, 0.1) is 0 Å². The number of anilines is 4. The number of rotatable bonds is 6. The molecule has 0 spiro atoms. The fourth-order valence-electron chi connectivity index (χ4n) is 7.32. The molecule has 4 nitrogen and oxygen atoms in total. The first-order valence-electron chi connectivity index (χ1n) is 16.6. The smallest absolute Gasteiger partial charge is 0.175 e. The van der Waals surface area contributed by atoms with Crippen LogP contribution in [-0.2, 0) is 5.66 Å². The van der Waals surface area contributed by atoms with Crippen LogP contribution in [0.1, 0.15) is 11.1 Å². The molecule has 7 aromatic carbocycles. The highest BCUT2D eigenvalue weighted by Gasteiger charge is 2.54. The van der Waals surface area contributed by atoms with Crippen molar-refractivity contribution in [1.82, 2.24) is 9.97 Å². The highest BCUT2D eigenvalue weighted by molar-refractivity contribution is 6.04. The van der Waals surface area contributed by atoms with Crippen molar-refractivity contribution < 1.29 is 0 Å². The van der Waals surface area contributed by atoms with Crippen LogP contribution in [0.15, 0.2) is 194 Å². The zero-order chi connectivity index (χ0) is 32.6. The van der Waals surface area contributed by atoms with Crippen molar-refractivity contribution in [1.29, 1.82) is 0 Å². The third kappa shape index (κ3) is 4.68. The van der Waals surface area contributed by atoms with Crippen LogP contribution in [0.2, 0.25) is 0 Å². The number of hydrogen-bond donors (Lipinski definition) is 0. The molecule has 8 aromatic rings. The zero-order valence-corrected chi connectivity index (χ0v) is 26.8. The normalized spacial score (nSPS) is 13.4. The van der Waals surface area contributed by atoms with Crippen molar-refractivity contribution in [2.24, 2.45) is 0 Å². The van der Waals surface area contributed by atoms with E-state index in [0.29, 0.717) is 5.82 Å². The lowest BCUT2D eigenvalue weighted by molar-refractivity contribution is 0.560. The van der Waals surface area contributed by atoms with Gasteiger partial charge < -0.3 is 9.80 Å². The second-order valence-electron chi connectivity index (χ2n) is 12.2. The van der Waals surface area contributed by atoms with Crippen LogP contribution in [0.5, 0.6) is 0 Å². The van der Waals surface area contributed by atoms with Crippen LogP contribution < -0.4 is 9.80 Å². The third-order valence-corrected chi connectivity index (χ3v) is 9.38. The zero-order valence-electron chi connectivity index (χ0n) is 26.8. The maximum absolute atomic E-state index is 5.27. The average Bonchev–Trinajstić information content (AvgIpc) is 3.49. The molecule has 0 saturated heterocycles. The molecule has 0 N–H and O–H groups in total. The minimum absolute atomic E-state index is 0.702. The van der Waals surface area contributed by atoms with Gasteiger partial charge in [-0.1, -0.05) is 158 Å².